The summed E-state index contributed by atoms with van der Waals surface area (Å²) in [7, 11) is 1.82. The quantitative estimate of drug-likeness (QED) is 0.862. The third-order valence-electron chi connectivity index (χ3n) is 3.38. The second-order valence-corrected chi connectivity index (χ2v) is 5.73. The fourth-order valence-electron chi connectivity index (χ4n) is 2.33. The highest BCUT2D eigenvalue weighted by Gasteiger charge is 2.21. The summed E-state index contributed by atoms with van der Waals surface area (Å²) in [5.41, 5.74) is 1.33. The van der Waals surface area contributed by atoms with Gasteiger partial charge in [0.2, 0.25) is 0 Å². The van der Waals surface area contributed by atoms with Crippen LogP contribution >= 0.6 is 23.2 Å². The fourth-order valence-corrected chi connectivity index (χ4v) is 2.87. The number of hydrogen-bond donors (Lipinski definition) is 1. The summed E-state index contributed by atoms with van der Waals surface area (Å²) in [6.45, 7) is 2.88. The molecule has 2 rings (SSSR count). The number of aryl methyl sites for hydroxylation is 1. The van der Waals surface area contributed by atoms with Crippen LogP contribution in [0.25, 0.3) is 0 Å². The van der Waals surface area contributed by atoms with Crippen molar-refractivity contribution in [2.75, 3.05) is 6.54 Å². The molecule has 1 unspecified atom stereocenters. The fraction of sp³-hybridized carbons (Fsp3) is 0.400. The number of halogens is 3. The van der Waals surface area contributed by atoms with Crippen LogP contribution in [0.3, 0.4) is 0 Å². The van der Waals surface area contributed by atoms with Gasteiger partial charge in [-0.2, -0.15) is 5.10 Å². The van der Waals surface area contributed by atoms with Crippen LogP contribution in [-0.4, -0.2) is 16.3 Å². The standard InChI is InChI=1S/C15H18Cl2FN3/c1-3-7-19-14(15-12(17)9-20-21(15)2)8-10-11(16)5-4-6-13(10)18/h4-6,9,14,19H,3,7-8H2,1-2H3. The average molecular weight is 330 g/mol. The van der Waals surface area contributed by atoms with Gasteiger partial charge >= 0.3 is 0 Å². The van der Waals surface area contributed by atoms with Gasteiger partial charge in [0.05, 0.1) is 23.0 Å². The molecule has 0 amide bonds. The molecule has 1 N–H and O–H groups in total. The van der Waals surface area contributed by atoms with Crippen LogP contribution in [0.2, 0.25) is 10.0 Å². The van der Waals surface area contributed by atoms with Crippen molar-refractivity contribution in [2.45, 2.75) is 25.8 Å². The van der Waals surface area contributed by atoms with E-state index in [1.807, 2.05) is 7.05 Å². The van der Waals surface area contributed by atoms with Crippen molar-refractivity contribution in [1.29, 1.82) is 0 Å². The average Bonchev–Trinajstić information content (AvgIpc) is 2.78. The molecule has 0 saturated heterocycles. The van der Waals surface area contributed by atoms with Crippen molar-refractivity contribution in [3.05, 3.63) is 51.5 Å². The van der Waals surface area contributed by atoms with Gasteiger partial charge in [-0.05, 0) is 31.5 Å². The topological polar surface area (TPSA) is 29.9 Å². The normalized spacial score (nSPS) is 12.6. The van der Waals surface area contributed by atoms with Crippen molar-refractivity contribution in [2.24, 2.45) is 7.05 Å². The van der Waals surface area contributed by atoms with Crippen molar-refractivity contribution in [3.8, 4) is 0 Å². The summed E-state index contributed by atoms with van der Waals surface area (Å²) >= 11 is 12.3. The Morgan fingerprint density at radius 1 is 1.33 bits per heavy atom. The molecule has 0 spiro atoms. The van der Waals surface area contributed by atoms with Gasteiger partial charge in [-0.15, -0.1) is 0 Å². The summed E-state index contributed by atoms with van der Waals surface area (Å²) in [5.74, 6) is -0.302. The van der Waals surface area contributed by atoms with Gasteiger partial charge in [0.15, 0.2) is 0 Å². The van der Waals surface area contributed by atoms with Gasteiger partial charge < -0.3 is 5.32 Å². The van der Waals surface area contributed by atoms with Crippen LogP contribution in [0.5, 0.6) is 0 Å². The molecule has 1 heterocycles. The summed E-state index contributed by atoms with van der Waals surface area (Å²) < 4.78 is 15.7. The summed E-state index contributed by atoms with van der Waals surface area (Å²) in [4.78, 5) is 0. The maximum Gasteiger partial charge on any atom is 0.127 e. The Balaban J connectivity index is 2.33. The first kappa shape index (κ1) is 16.3. The molecule has 0 aliphatic heterocycles. The van der Waals surface area contributed by atoms with E-state index in [0.717, 1.165) is 18.7 Å². The Bertz CT molecular complexity index is 573. The van der Waals surface area contributed by atoms with E-state index >= 15 is 0 Å². The van der Waals surface area contributed by atoms with Gasteiger partial charge in [0.1, 0.15) is 5.82 Å². The largest absolute Gasteiger partial charge is 0.308 e. The molecular formula is C15H18Cl2FN3. The Hall–Kier alpha value is -1.10. The van der Waals surface area contributed by atoms with Gasteiger partial charge in [-0.3, -0.25) is 4.68 Å². The van der Waals surface area contributed by atoms with E-state index in [2.05, 4.69) is 17.3 Å². The van der Waals surface area contributed by atoms with Crippen LogP contribution in [0.4, 0.5) is 4.39 Å². The Labute approximate surface area is 134 Å². The molecule has 1 aromatic carbocycles. The lowest BCUT2D eigenvalue weighted by molar-refractivity contribution is 0.483. The maximum absolute atomic E-state index is 14.0. The van der Waals surface area contributed by atoms with Crippen LogP contribution in [-0.2, 0) is 13.5 Å². The minimum absolute atomic E-state index is 0.139. The third kappa shape index (κ3) is 3.76. The lowest BCUT2D eigenvalue weighted by Gasteiger charge is -2.20. The number of rotatable bonds is 6. The highest BCUT2D eigenvalue weighted by Crippen LogP contribution is 2.29. The van der Waals surface area contributed by atoms with E-state index in [1.54, 1.807) is 23.0 Å². The van der Waals surface area contributed by atoms with Gasteiger partial charge in [0.25, 0.3) is 0 Å². The number of hydrogen-bond acceptors (Lipinski definition) is 2. The Morgan fingerprint density at radius 3 is 2.67 bits per heavy atom. The summed E-state index contributed by atoms with van der Waals surface area (Å²) in [6.07, 6.45) is 2.99. The molecule has 6 heteroatoms. The van der Waals surface area contributed by atoms with Crippen molar-refractivity contribution < 1.29 is 4.39 Å². The smallest absolute Gasteiger partial charge is 0.127 e. The van der Waals surface area contributed by atoms with E-state index < -0.39 is 0 Å². The molecule has 114 valence electrons. The zero-order valence-electron chi connectivity index (χ0n) is 12.0. The van der Waals surface area contributed by atoms with Gasteiger partial charge in [-0.25, -0.2) is 4.39 Å². The lowest BCUT2D eigenvalue weighted by atomic mass is 10.0. The Morgan fingerprint density at radius 2 is 2.10 bits per heavy atom. The number of nitrogens with one attached hydrogen (secondary N) is 1. The highest BCUT2D eigenvalue weighted by molar-refractivity contribution is 6.31. The number of aromatic nitrogens is 2. The molecule has 1 aromatic heterocycles. The molecular weight excluding hydrogens is 312 g/mol. The first-order chi connectivity index (χ1) is 10.0. The summed E-state index contributed by atoms with van der Waals surface area (Å²) in [6, 6.07) is 4.58. The van der Waals surface area contributed by atoms with E-state index in [4.69, 9.17) is 23.2 Å². The van der Waals surface area contributed by atoms with Crippen LogP contribution in [0.15, 0.2) is 24.4 Å². The third-order valence-corrected chi connectivity index (χ3v) is 4.02. The SMILES string of the molecule is CCCNC(Cc1c(F)cccc1Cl)c1c(Cl)cnn1C. The molecule has 0 bridgehead atoms. The first-order valence-corrected chi connectivity index (χ1v) is 7.63. The molecule has 0 aliphatic carbocycles. The molecule has 0 fully saturated rings. The molecule has 0 aliphatic rings. The predicted molar refractivity (Wildman–Crippen MR) is 84.4 cm³/mol. The van der Waals surface area contributed by atoms with E-state index in [1.165, 1.54) is 6.07 Å². The minimum atomic E-state index is -0.302. The zero-order chi connectivity index (χ0) is 15.4. The van der Waals surface area contributed by atoms with E-state index in [9.17, 15) is 4.39 Å². The van der Waals surface area contributed by atoms with Crippen molar-refractivity contribution >= 4 is 23.2 Å². The first-order valence-electron chi connectivity index (χ1n) is 6.88. The summed E-state index contributed by atoms with van der Waals surface area (Å²) in [5, 5.41) is 8.53. The van der Waals surface area contributed by atoms with Crippen LogP contribution < -0.4 is 5.32 Å². The molecule has 0 saturated carbocycles. The monoisotopic (exact) mass is 329 g/mol. The molecule has 2 aromatic rings. The molecule has 1 atom stereocenters. The molecule has 0 radical (unpaired) electrons. The minimum Gasteiger partial charge on any atom is -0.308 e. The van der Waals surface area contributed by atoms with Crippen LogP contribution in [0.1, 0.15) is 30.6 Å². The van der Waals surface area contributed by atoms with E-state index in [-0.39, 0.29) is 11.9 Å². The van der Waals surface area contributed by atoms with Crippen LogP contribution in [0, 0.1) is 5.82 Å². The lowest BCUT2D eigenvalue weighted by Crippen LogP contribution is -2.27. The van der Waals surface area contributed by atoms with Crippen molar-refractivity contribution in [1.82, 2.24) is 15.1 Å². The predicted octanol–water partition coefficient (Wildman–Crippen LogP) is 4.15. The zero-order valence-corrected chi connectivity index (χ0v) is 13.5. The molecule has 3 nitrogen and oxygen atoms in total. The highest BCUT2D eigenvalue weighted by atomic mass is 35.5. The number of benzene rings is 1. The van der Waals surface area contributed by atoms with Gasteiger partial charge in [0, 0.05) is 17.6 Å². The second kappa shape index (κ2) is 7.25. The number of nitrogens with zero attached hydrogens (tertiary/aromatic N) is 2. The van der Waals surface area contributed by atoms with E-state index in [0.29, 0.717) is 22.0 Å². The Kier molecular flexibility index (Phi) is 5.62. The van der Waals surface area contributed by atoms with Crippen molar-refractivity contribution in [3.63, 3.8) is 0 Å². The van der Waals surface area contributed by atoms with Gasteiger partial charge in [-0.1, -0.05) is 36.2 Å². The second-order valence-electron chi connectivity index (χ2n) is 4.91. The maximum atomic E-state index is 14.0. The molecule has 21 heavy (non-hydrogen) atoms.